The lowest BCUT2D eigenvalue weighted by atomic mass is 10.2. The molecule has 0 atom stereocenters. The fourth-order valence-electron chi connectivity index (χ4n) is 2.36. The number of esters is 1. The number of thiazole rings is 1. The summed E-state index contributed by atoms with van der Waals surface area (Å²) in [6.07, 6.45) is 0. The zero-order chi connectivity index (χ0) is 19.9. The highest BCUT2D eigenvalue weighted by molar-refractivity contribution is 7.10. The second kappa shape index (κ2) is 9.48. The second-order valence-electron chi connectivity index (χ2n) is 6.08. The molecule has 28 heavy (non-hydrogen) atoms. The van der Waals surface area contributed by atoms with E-state index in [0.29, 0.717) is 24.5 Å². The summed E-state index contributed by atoms with van der Waals surface area (Å²) in [5.74, 6) is -0.159. The summed E-state index contributed by atoms with van der Waals surface area (Å²) in [5.41, 5.74) is 1.24. The molecule has 6 nitrogen and oxygen atoms in total. The van der Waals surface area contributed by atoms with Crippen LogP contribution in [0.5, 0.6) is 5.75 Å². The minimum absolute atomic E-state index is 0.250. The fourth-order valence-corrected chi connectivity index (χ4v) is 3.72. The molecule has 3 aromatic rings. The topological polar surface area (TPSA) is 68.7 Å². The number of aryl methyl sites for hydroxylation is 1. The second-order valence-corrected chi connectivity index (χ2v) is 8.17. The molecule has 146 valence electrons. The van der Waals surface area contributed by atoms with Crippen molar-refractivity contribution in [3.8, 4) is 5.75 Å². The van der Waals surface area contributed by atoms with Gasteiger partial charge in [-0.1, -0.05) is 6.07 Å². The van der Waals surface area contributed by atoms with Crippen LogP contribution in [0.4, 0.5) is 0 Å². The van der Waals surface area contributed by atoms with Gasteiger partial charge in [0.2, 0.25) is 0 Å². The maximum absolute atomic E-state index is 12.1. The van der Waals surface area contributed by atoms with E-state index in [1.165, 1.54) is 4.90 Å². The molecule has 0 saturated carbocycles. The third-order valence-electron chi connectivity index (χ3n) is 3.87. The third-order valence-corrected chi connectivity index (χ3v) is 5.55. The smallest absolute Gasteiger partial charge is 0.338 e. The number of thiophene rings is 1. The Balaban J connectivity index is 1.45. The molecule has 0 aliphatic rings. The Bertz CT molecular complexity index is 920. The first-order valence-corrected chi connectivity index (χ1v) is 10.3. The summed E-state index contributed by atoms with van der Waals surface area (Å²) in [6.45, 7) is 2.53. The molecule has 0 N–H and O–H groups in total. The van der Waals surface area contributed by atoms with Crippen LogP contribution >= 0.6 is 22.7 Å². The highest BCUT2D eigenvalue weighted by Crippen LogP contribution is 2.16. The van der Waals surface area contributed by atoms with Crippen molar-refractivity contribution in [1.82, 2.24) is 9.88 Å². The molecule has 1 amide bonds. The van der Waals surface area contributed by atoms with E-state index >= 15 is 0 Å². The lowest BCUT2D eigenvalue weighted by Gasteiger charge is -2.16. The Labute approximate surface area is 171 Å². The average Bonchev–Trinajstić information content (AvgIpc) is 3.36. The molecule has 0 aliphatic carbocycles. The molecule has 1 aromatic carbocycles. The number of rotatable bonds is 8. The van der Waals surface area contributed by atoms with Gasteiger partial charge in [-0.2, -0.15) is 0 Å². The van der Waals surface area contributed by atoms with E-state index in [0.717, 1.165) is 15.6 Å². The Kier molecular flexibility index (Phi) is 6.78. The van der Waals surface area contributed by atoms with Crippen molar-refractivity contribution in [3.63, 3.8) is 0 Å². The zero-order valence-corrected chi connectivity index (χ0v) is 17.2. The molecule has 0 bridgehead atoms. The predicted molar refractivity (Wildman–Crippen MR) is 109 cm³/mol. The van der Waals surface area contributed by atoms with Gasteiger partial charge in [0, 0.05) is 17.3 Å². The van der Waals surface area contributed by atoms with Crippen molar-refractivity contribution in [2.24, 2.45) is 0 Å². The van der Waals surface area contributed by atoms with Crippen LogP contribution in [0.2, 0.25) is 0 Å². The van der Waals surface area contributed by atoms with E-state index in [1.54, 1.807) is 54.0 Å². The Hall–Kier alpha value is -2.71. The molecular formula is C20H20N2O4S2. The van der Waals surface area contributed by atoms with E-state index in [4.69, 9.17) is 9.47 Å². The molecule has 2 aromatic heterocycles. The molecule has 0 unspecified atom stereocenters. The van der Waals surface area contributed by atoms with Gasteiger partial charge in [-0.05, 0) is 42.6 Å². The maximum atomic E-state index is 12.1. The summed E-state index contributed by atoms with van der Waals surface area (Å²) in [4.78, 5) is 31.2. The monoisotopic (exact) mass is 416 g/mol. The highest BCUT2D eigenvalue weighted by atomic mass is 32.1. The molecule has 0 fully saturated rings. The van der Waals surface area contributed by atoms with E-state index in [-0.39, 0.29) is 12.5 Å². The van der Waals surface area contributed by atoms with Crippen LogP contribution < -0.4 is 4.74 Å². The number of carbonyl (C=O) groups excluding carboxylic acids is 2. The van der Waals surface area contributed by atoms with Gasteiger partial charge in [0.15, 0.2) is 6.61 Å². The van der Waals surface area contributed by atoms with Crippen LogP contribution in [0.15, 0.2) is 47.2 Å². The SMILES string of the molecule is Cc1nc(COc2ccc(C(=O)OCC(=O)N(C)Cc3cccs3)cc2)cs1. The molecular weight excluding hydrogens is 396 g/mol. The third kappa shape index (κ3) is 5.64. The molecule has 0 radical (unpaired) electrons. The van der Waals surface area contributed by atoms with Crippen molar-refractivity contribution in [2.75, 3.05) is 13.7 Å². The minimum atomic E-state index is -0.542. The Morgan fingerprint density at radius 1 is 1.14 bits per heavy atom. The molecule has 2 heterocycles. The number of likely N-dealkylation sites (N-methyl/N-ethyl adjacent to an activating group) is 1. The van der Waals surface area contributed by atoms with Crippen LogP contribution in [0.25, 0.3) is 0 Å². The molecule has 8 heteroatoms. The highest BCUT2D eigenvalue weighted by Gasteiger charge is 2.14. The van der Waals surface area contributed by atoms with Gasteiger partial charge in [-0.15, -0.1) is 22.7 Å². The first-order chi connectivity index (χ1) is 13.5. The number of aromatic nitrogens is 1. The van der Waals surface area contributed by atoms with Gasteiger partial charge in [0.1, 0.15) is 12.4 Å². The van der Waals surface area contributed by atoms with Gasteiger partial charge in [-0.25, -0.2) is 9.78 Å². The van der Waals surface area contributed by atoms with Crippen LogP contribution in [-0.2, 0) is 22.7 Å². The largest absolute Gasteiger partial charge is 0.487 e. The lowest BCUT2D eigenvalue weighted by Crippen LogP contribution is -2.30. The molecule has 3 rings (SSSR count). The fraction of sp³-hybridized carbons (Fsp3) is 0.250. The lowest BCUT2D eigenvalue weighted by molar-refractivity contribution is -0.133. The quantitative estimate of drug-likeness (QED) is 0.521. The standard InChI is InChI=1S/C20H20N2O4S2/c1-14-21-16(13-28-14)11-25-17-7-5-15(6-8-17)20(24)26-12-19(23)22(2)10-18-4-3-9-27-18/h3-9,13H,10-12H2,1-2H3. The van der Waals surface area contributed by atoms with Crippen LogP contribution in [0, 0.1) is 6.92 Å². The van der Waals surface area contributed by atoms with Crippen LogP contribution in [0.1, 0.15) is 25.9 Å². The van der Waals surface area contributed by atoms with Gasteiger partial charge < -0.3 is 14.4 Å². The summed E-state index contributed by atoms with van der Waals surface area (Å²) >= 11 is 3.15. The van der Waals surface area contributed by atoms with Crippen LogP contribution in [0.3, 0.4) is 0 Å². The summed E-state index contributed by atoms with van der Waals surface area (Å²) in [6, 6.07) is 10.5. The van der Waals surface area contributed by atoms with E-state index in [2.05, 4.69) is 4.98 Å². The number of hydrogen-bond donors (Lipinski definition) is 0. The number of benzene rings is 1. The number of amides is 1. The number of ether oxygens (including phenoxy) is 2. The molecule has 0 spiro atoms. The summed E-state index contributed by atoms with van der Waals surface area (Å²) < 4.78 is 10.8. The Morgan fingerprint density at radius 3 is 2.57 bits per heavy atom. The zero-order valence-electron chi connectivity index (χ0n) is 15.6. The summed E-state index contributed by atoms with van der Waals surface area (Å²) in [7, 11) is 1.69. The average molecular weight is 417 g/mol. The van der Waals surface area contributed by atoms with Crippen molar-refractivity contribution in [1.29, 1.82) is 0 Å². The van der Waals surface area contributed by atoms with E-state index in [1.807, 2.05) is 29.8 Å². The minimum Gasteiger partial charge on any atom is -0.487 e. The van der Waals surface area contributed by atoms with Crippen molar-refractivity contribution < 1.29 is 19.1 Å². The molecule has 0 aliphatic heterocycles. The van der Waals surface area contributed by atoms with Gasteiger partial charge in [0.05, 0.1) is 22.8 Å². The number of hydrogen-bond acceptors (Lipinski definition) is 7. The van der Waals surface area contributed by atoms with Gasteiger partial charge >= 0.3 is 5.97 Å². The van der Waals surface area contributed by atoms with Crippen molar-refractivity contribution >= 4 is 34.6 Å². The number of nitrogens with zero attached hydrogens (tertiary/aromatic N) is 2. The first kappa shape index (κ1) is 20.0. The molecule has 0 saturated heterocycles. The Morgan fingerprint density at radius 2 is 1.93 bits per heavy atom. The normalized spacial score (nSPS) is 10.5. The first-order valence-electron chi connectivity index (χ1n) is 8.58. The van der Waals surface area contributed by atoms with Gasteiger partial charge in [-0.3, -0.25) is 4.79 Å². The number of carbonyl (C=O) groups is 2. The van der Waals surface area contributed by atoms with Crippen molar-refractivity contribution in [3.05, 3.63) is 68.3 Å². The van der Waals surface area contributed by atoms with Gasteiger partial charge in [0.25, 0.3) is 5.91 Å². The summed E-state index contributed by atoms with van der Waals surface area (Å²) in [5, 5.41) is 4.90. The van der Waals surface area contributed by atoms with Crippen molar-refractivity contribution in [2.45, 2.75) is 20.1 Å². The predicted octanol–water partition coefficient (Wildman–Crippen LogP) is 3.91. The maximum Gasteiger partial charge on any atom is 0.338 e. The van der Waals surface area contributed by atoms with E-state index in [9.17, 15) is 9.59 Å². The van der Waals surface area contributed by atoms with E-state index < -0.39 is 5.97 Å². The van der Waals surface area contributed by atoms with Crippen LogP contribution in [-0.4, -0.2) is 35.4 Å².